The summed E-state index contributed by atoms with van der Waals surface area (Å²) in [7, 11) is 1.20. The van der Waals surface area contributed by atoms with Crippen LogP contribution < -0.4 is 5.73 Å². The van der Waals surface area contributed by atoms with Crippen LogP contribution in [0.3, 0.4) is 0 Å². The number of methoxy groups -OCH3 is 1. The topological polar surface area (TPSA) is 98.9 Å². The van der Waals surface area contributed by atoms with Crippen LogP contribution in [0, 0.1) is 5.41 Å². The first-order valence-electron chi connectivity index (χ1n) is 5.84. The van der Waals surface area contributed by atoms with E-state index in [4.69, 9.17) is 15.6 Å². The second kappa shape index (κ2) is 4.51. The molecule has 0 aromatic carbocycles. The molecule has 6 heteroatoms. The number of carbonyl (C=O) groups is 2. The standard InChI is InChI=1S/C12H21NO5/c1-10(2,3)18-9(16)12(8(15)17-4)7-11(12,13)5-6-14/h14H,5-7,13H2,1-4H3. The van der Waals surface area contributed by atoms with E-state index in [-0.39, 0.29) is 19.4 Å². The lowest BCUT2D eigenvalue weighted by Gasteiger charge is -2.25. The van der Waals surface area contributed by atoms with Crippen LogP contribution in [-0.4, -0.2) is 41.9 Å². The Kier molecular flexibility index (Phi) is 3.74. The zero-order chi connectivity index (χ0) is 14.2. The Morgan fingerprint density at radius 1 is 1.33 bits per heavy atom. The Labute approximate surface area is 106 Å². The molecule has 0 aromatic heterocycles. The van der Waals surface area contributed by atoms with Gasteiger partial charge in [0.05, 0.1) is 7.11 Å². The second-order valence-corrected chi connectivity index (χ2v) is 5.71. The van der Waals surface area contributed by atoms with Gasteiger partial charge in [0.25, 0.3) is 0 Å². The van der Waals surface area contributed by atoms with Crippen LogP contribution in [0.15, 0.2) is 0 Å². The van der Waals surface area contributed by atoms with Gasteiger partial charge in [-0.25, -0.2) is 0 Å². The van der Waals surface area contributed by atoms with Crippen molar-refractivity contribution in [3.05, 3.63) is 0 Å². The van der Waals surface area contributed by atoms with Gasteiger partial charge in [0, 0.05) is 12.1 Å². The van der Waals surface area contributed by atoms with E-state index in [0.29, 0.717) is 0 Å². The normalized spacial score (nSPS) is 30.8. The number of nitrogens with two attached hydrogens (primary N) is 1. The van der Waals surface area contributed by atoms with Crippen molar-refractivity contribution in [2.24, 2.45) is 11.1 Å². The van der Waals surface area contributed by atoms with Crippen molar-refractivity contribution in [3.63, 3.8) is 0 Å². The average molecular weight is 259 g/mol. The number of aliphatic hydroxyl groups is 1. The van der Waals surface area contributed by atoms with Crippen molar-refractivity contribution in [2.45, 2.75) is 44.8 Å². The van der Waals surface area contributed by atoms with Crippen LogP contribution in [0.5, 0.6) is 0 Å². The molecular weight excluding hydrogens is 238 g/mol. The molecule has 1 fully saturated rings. The molecule has 0 radical (unpaired) electrons. The molecule has 1 saturated carbocycles. The van der Waals surface area contributed by atoms with Crippen molar-refractivity contribution in [2.75, 3.05) is 13.7 Å². The van der Waals surface area contributed by atoms with Crippen molar-refractivity contribution in [1.82, 2.24) is 0 Å². The maximum Gasteiger partial charge on any atom is 0.326 e. The number of hydrogen-bond acceptors (Lipinski definition) is 6. The lowest BCUT2D eigenvalue weighted by molar-refractivity contribution is -0.171. The number of ether oxygens (including phenoxy) is 2. The van der Waals surface area contributed by atoms with Gasteiger partial charge in [0.1, 0.15) is 5.60 Å². The first-order chi connectivity index (χ1) is 8.13. The summed E-state index contributed by atoms with van der Waals surface area (Å²) in [6, 6.07) is 0. The monoisotopic (exact) mass is 259 g/mol. The Hall–Kier alpha value is -1.14. The van der Waals surface area contributed by atoms with Crippen LogP contribution in [0.2, 0.25) is 0 Å². The first kappa shape index (κ1) is 14.9. The highest BCUT2D eigenvalue weighted by atomic mass is 16.6. The third-order valence-electron chi connectivity index (χ3n) is 3.14. The molecule has 1 aliphatic rings. The average Bonchev–Trinajstić information content (AvgIpc) is 2.83. The van der Waals surface area contributed by atoms with E-state index in [1.54, 1.807) is 20.8 Å². The molecule has 0 heterocycles. The Balaban J connectivity index is 2.97. The smallest absolute Gasteiger partial charge is 0.326 e. The zero-order valence-corrected chi connectivity index (χ0v) is 11.3. The molecule has 0 aromatic rings. The highest BCUT2D eigenvalue weighted by molar-refractivity contribution is 6.06. The summed E-state index contributed by atoms with van der Waals surface area (Å²) in [5.74, 6) is -1.38. The van der Waals surface area contributed by atoms with Gasteiger partial charge in [-0.15, -0.1) is 0 Å². The highest BCUT2D eigenvalue weighted by Crippen LogP contribution is 2.58. The van der Waals surface area contributed by atoms with Crippen molar-refractivity contribution in [1.29, 1.82) is 0 Å². The number of carbonyl (C=O) groups excluding carboxylic acids is 2. The fraction of sp³-hybridized carbons (Fsp3) is 0.833. The van der Waals surface area contributed by atoms with Gasteiger partial charge < -0.3 is 20.3 Å². The summed E-state index contributed by atoms with van der Waals surface area (Å²) in [6.45, 7) is 4.94. The number of aliphatic hydroxyl groups excluding tert-OH is 1. The quantitative estimate of drug-likeness (QED) is 0.543. The molecule has 3 N–H and O–H groups in total. The molecule has 104 valence electrons. The van der Waals surface area contributed by atoms with E-state index >= 15 is 0 Å². The van der Waals surface area contributed by atoms with E-state index < -0.39 is 28.5 Å². The fourth-order valence-corrected chi connectivity index (χ4v) is 2.10. The van der Waals surface area contributed by atoms with E-state index in [2.05, 4.69) is 4.74 Å². The summed E-state index contributed by atoms with van der Waals surface area (Å²) < 4.78 is 9.88. The second-order valence-electron chi connectivity index (χ2n) is 5.71. The molecule has 0 bridgehead atoms. The largest absolute Gasteiger partial charge is 0.468 e. The minimum Gasteiger partial charge on any atom is -0.468 e. The van der Waals surface area contributed by atoms with E-state index in [1.165, 1.54) is 7.11 Å². The lowest BCUT2D eigenvalue weighted by atomic mass is 9.97. The van der Waals surface area contributed by atoms with Crippen LogP contribution >= 0.6 is 0 Å². The summed E-state index contributed by atoms with van der Waals surface area (Å²) in [6.07, 6.45) is 0.295. The fourth-order valence-electron chi connectivity index (χ4n) is 2.10. The molecule has 0 saturated heterocycles. The van der Waals surface area contributed by atoms with Crippen LogP contribution in [0.25, 0.3) is 0 Å². The third kappa shape index (κ3) is 2.35. The van der Waals surface area contributed by atoms with E-state index in [0.717, 1.165) is 0 Å². The van der Waals surface area contributed by atoms with Gasteiger partial charge in [0.15, 0.2) is 5.41 Å². The number of hydrogen-bond donors (Lipinski definition) is 2. The molecule has 1 rings (SSSR count). The summed E-state index contributed by atoms with van der Waals surface area (Å²) in [5, 5.41) is 8.96. The van der Waals surface area contributed by atoms with Crippen molar-refractivity contribution < 1.29 is 24.2 Å². The maximum atomic E-state index is 12.1. The summed E-state index contributed by atoms with van der Waals surface area (Å²) >= 11 is 0. The van der Waals surface area contributed by atoms with Crippen molar-refractivity contribution in [3.8, 4) is 0 Å². The maximum absolute atomic E-state index is 12.1. The molecule has 0 aliphatic heterocycles. The minimum absolute atomic E-state index is 0.141. The SMILES string of the molecule is COC(=O)C1(C(=O)OC(C)(C)C)CC1(N)CCO. The van der Waals surface area contributed by atoms with Crippen LogP contribution in [0.1, 0.15) is 33.6 Å². The lowest BCUT2D eigenvalue weighted by Crippen LogP contribution is -2.44. The highest BCUT2D eigenvalue weighted by Gasteiger charge is 2.76. The molecule has 0 amide bonds. The predicted molar refractivity (Wildman–Crippen MR) is 63.5 cm³/mol. The van der Waals surface area contributed by atoms with Crippen molar-refractivity contribution >= 4 is 11.9 Å². The first-order valence-corrected chi connectivity index (χ1v) is 5.84. The van der Waals surface area contributed by atoms with E-state index in [9.17, 15) is 9.59 Å². The predicted octanol–water partition coefficient (Wildman–Crippen LogP) is -0.0289. The Bertz CT molecular complexity index is 362. The molecule has 2 atom stereocenters. The molecule has 2 unspecified atom stereocenters. The minimum atomic E-state index is -1.47. The van der Waals surface area contributed by atoms with E-state index in [1.807, 2.05) is 0 Å². The summed E-state index contributed by atoms with van der Waals surface area (Å²) in [5.41, 5.74) is 2.72. The molecule has 6 nitrogen and oxygen atoms in total. The number of esters is 2. The van der Waals surface area contributed by atoms with Gasteiger partial charge in [-0.3, -0.25) is 9.59 Å². The van der Waals surface area contributed by atoms with Gasteiger partial charge in [-0.05, 0) is 33.6 Å². The van der Waals surface area contributed by atoms with Gasteiger partial charge in [0.2, 0.25) is 0 Å². The Morgan fingerprint density at radius 2 is 1.89 bits per heavy atom. The Morgan fingerprint density at radius 3 is 2.28 bits per heavy atom. The van der Waals surface area contributed by atoms with Crippen LogP contribution in [0.4, 0.5) is 0 Å². The third-order valence-corrected chi connectivity index (χ3v) is 3.14. The van der Waals surface area contributed by atoms with Gasteiger partial charge in [-0.1, -0.05) is 0 Å². The molecule has 18 heavy (non-hydrogen) atoms. The number of rotatable bonds is 4. The molecule has 1 aliphatic carbocycles. The van der Waals surface area contributed by atoms with Gasteiger partial charge in [-0.2, -0.15) is 0 Å². The molecule has 0 spiro atoms. The molecular formula is C12H21NO5. The summed E-state index contributed by atoms with van der Waals surface area (Å²) in [4.78, 5) is 24.0. The van der Waals surface area contributed by atoms with Crippen LogP contribution in [-0.2, 0) is 19.1 Å². The zero-order valence-electron chi connectivity index (χ0n) is 11.3. The van der Waals surface area contributed by atoms with Gasteiger partial charge >= 0.3 is 11.9 Å².